The Hall–Kier alpha value is -1.48. The molecular formula is C14H15NOS. The number of benzene rings is 1. The number of fused-ring (bicyclic) bond motifs is 1. The number of ketones is 1. The Bertz CT molecular complexity index is 517. The largest absolute Gasteiger partial charge is 0.338 e. The van der Waals surface area contributed by atoms with Crippen LogP contribution in [0.1, 0.15) is 13.8 Å². The molecule has 0 N–H and O–H groups in total. The summed E-state index contributed by atoms with van der Waals surface area (Å²) in [5.41, 5.74) is 2.00. The number of allylic oxidation sites excluding steroid dienone is 3. The van der Waals surface area contributed by atoms with Gasteiger partial charge < -0.3 is 4.90 Å². The van der Waals surface area contributed by atoms with E-state index in [2.05, 4.69) is 17.0 Å². The second kappa shape index (κ2) is 4.80. The quantitative estimate of drug-likeness (QED) is 0.742. The van der Waals surface area contributed by atoms with Gasteiger partial charge in [0.1, 0.15) is 0 Å². The maximum absolute atomic E-state index is 11.1. The zero-order chi connectivity index (χ0) is 12.4. The molecule has 1 aliphatic rings. The summed E-state index contributed by atoms with van der Waals surface area (Å²) in [4.78, 5) is 14.5. The van der Waals surface area contributed by atoms with Gasteiger partial charge in [0.15, 0.2) is 5.78 Å². The monoisotopic (exact) mass is 245 g/mol. The van der Waals surface area contributed by atoms with Gasteiger partial charge in [0.2, 0.25) is 0 Å². The molecule has 2 rings (SSSR count). The minimum Gasteiger partial charge on any atom is -0.338 e. The van der Waals surface area contributed by atoms with Crippen molar-refractivity contribution in [2.24, 2.45) is 0 Å². The highest BCUT2D eigenvalue weighted by molar-refractivity contribution is 8.03. The summed E-state index contributed by atoms with van der Waals surface area (Å²) in [7, 11) is 2.04. The van der Waals surface area contributed by atoms with Gasteiger partial charge in [0.25, 0.3) is 0 Å². The van der Waals surface area contributed by atoms with E-state index < -0.39 is 0 Å². The van der Waals surface area contributed by atoms with Gasteiger partial charge in [-0.25, -0.2) is 0 Å². The molecule has 0 saturated carbocycles. The molecule has 0 spiro atoms. The Morgan fingerprint density at radius 3 is 2.65 bits per heavy atom. The lowest BCUT2D eigenvalue weighted by atomic mass is 10.2. The standard InChI is InChI=1S/C14H15NOS/c1-10(11(2)16)8-9-14-15(3)12-6-4-5-7-13(12)17-14/h4-9H,1-3H3. The molecule has 0 fully saturated rings. The van der Waals surface area contributed by atoms with Crippen molar-refractivity contribution in [3.63, 3.8) is 0 Å². The highest BCUT2D eigenvalue weighted by atomic mass is 32.2. The van der Waals surface area contributed by atoms with Crippen molar-refractivity contribution >= 4 is 23.2 Å². The predicted octanol–water partition coefficient (Wildman–Crippen LogP) is 3.61. The maximum atomic E-state index is 11.1. The SMILES string of the molecule is CC(=O)C(C)=CC=C1Sc2ccccc2N1C. The van der Waals surface area contributed by atoms with Crippen molar-refractivity contribution in [2.45, 2.75) is 18.7 Å². The number of nitrogens with zero attached hydrogens (tertiary/aromatic N) is 1. The van der Waals surface area contributed by atoms with Gasteiger partial charge in [-0.15, -0.1) is 0 Å². The van der Waals surface area contributed by atoms with Crippen molar-refractivity contribution in [1.29, 1.82) is 0 Å². The molecule has 1 aromatic carbocycles. The minimum atomic E-state index is 0.116. The van der Waals surface area contributed by atoms with Crippen LogP contribution in [0.4, 0.5) is 5.69 Å². The van der Waals surface area contributed by atoms with Crippen LogP contribution in [0.3, 0.4) is 0 Å². The van der Waals surface area contributed by atoms with Gasteiger partial charge in [-0.3, -0.25) is 4.79 Å². The van der Waals surface area contributed by atoms with E-state index in [1.54, 1.807) is 18.7 Å². The lowest BCUT2D eigenvalue weighted by Gasteiger charge is -2.12. The van der Waals surface area contributed by atoms with Gasteiger partial charge in [-0.05, 0) is 37.6 Å². The first-order valence-corrected chi connectivity index (χ1v) is 6.31. The van der Waals surface area contributed by atoms with Crippen molar-refractivity contribution in [3.8, 4) is 0 Å². The summed E-state index contributed by atoms with van der Waals surface area (Å²) in [6.07, 6.45) is 3.88. The number of carbonyl (C=O) groups excluding carboxylic acids is 1. The van der Waals surface area contributed by atoms with Crippen molar-refractivity contribution in [3.05, 3.63) is 47.0 Å². The normalized spacial score (nSPS) is 17.5. The van der Waals surface area contributed by atoms with Crippen LogP contribution >= 0.6 is 11.8 Å². The Morgan fingerprint density at radius 2 is 2.00 bits per heavy atom. The molecule has 17 heavy (non-hydrogen) atoms. The average molecular weight is 245 g/mol. The van der Waals surface area contributed by atoms with Gasteiger partial charge in [0, 0.05) is 11.9 Å². The molecule has 0 radical (unpaired) electrons. The number of thioether (sulfide) groups is 1. The van der Waals surface area contributed by atoms with Crippen LogP contribution in [-0.4, -0.2) is 12.8 Å². The summed E-state index contributed by atoms with van der Waals surface area (Å²) < 4.78 is 0. The third kappa shape index (κ3) is 2.44. The van der Waals surface area contributed by atoms with Crippen LogP contribution in [-0.2, 0) is 4.79 Å². The van der Waals surface area contributed by atoms with E-state index in [4.69, 9.17) is 0 Å². The van der Waals surface area contributed by atoms with Crippen LogP contribution in [0.2, 0.25) is 0 Å². The highest BCUT2D eigenvalue weighted by Crippen LogP contribution is 2.44. The third-order valence-corrected chi connectivity index (χ3v) is 3.99. The molecule has 2 nitrogen and oxygen atoms in total. The molecule has 88 valence electrons. The van der Waals surface area contributed by atoms with E-state index in [9.17, 15) is 4.79 Å². The molecular weight excluding hydrogens is 230 g/mol. The Labute approximate surface area is 106 Å². The number of hydrogen-bond acceptors (Lipinski definition) is 3. The number of para-hydroxylation sites is 1. The number of anilines is 1. The predicted molar refractivity (Wildman–Crippen MR) is 73.2 cm³/mol. The van der Waals surface area contributed by atoms with Gasteiger partial charge in [0.05, 0.1) is 10.7 Å². The van der Waals surface area contributed by atoms with Gasteiger partial charge in [-0.2, -0.15) is 0 Å². The van der Waals surface area contributed by atoms with Crippen molar-refractivity contribution in [1.82, 2.24) is 0 Å². The minimum absolute atomic E-state index is 0.116. The van der Waals surface area contributed by atoms with Crippen molar-refractivity contribution < 1.29 is 4.79 Å². The Balaban J connectivity index is 2.26. The van der Waals surface area contributed by atoms with E-state index in [1.807, 2.05) is 38.3 Å². The molecule has 1 aromatic rings. The van der Waals surface area contributed by atoms with E-state index in [-0.39, 0.29) is 5.78 Å². The molecule has 0 aliphatic carbocycles. The molecule has 0 saturated heterocycles. The van der Waals surface area contributed by atoms with Crippen LogP contribution in [0.5, 0.6) is 0 Å². The van der Waals surface area contributed by atoms with E-state index in [1.165, 1.54) is 10.6 Å². The zero-order valence-corrected chi connectivity index (χ0v) is 11.0. The summed E-state index contributed by atoms with van der Waals surface area (Å²) in [6, 6.07) is 8.29. The summed E-state index contributed by atoms with van der Waals surface area (Å²) >= 11 is 1.73. The molecule has 0 atom stereocenters. The van der Waals surface area contributed by atoms with E-state index in [0.717, 1.165) is 10.6 Å². The highest BCUT2D eigenvalue weighted by Gasteiger charge is 2.20. The number of Topliss-reactive ketones (excluding diaryl/α,β-unsaturated/α-hetero) is 1. The lowest BCUT2D eigenvalue weighted by molar-refractivity contribution is -0.113. The summed E-state index contributed by atoms with van der Waals surface area (Å²) in [5, 5.41) is 1.15. The van der Waals surface area contributed by atoms with Gasteiger partial charge in [-0.1, -0.05) is 30.0 Å². The molecule has 3 heteroatoms. The first kappa shape index (κ1) is 12.0. The fourth-order valence-electron chi connectivity index (χ4n) is 1.58. The van der Waals surface area contributed by atoms with E-state index in [0.29, 0.717) is 0 Å². The van der Waals surface area contributed by atoms with Crippen LogP contribution in [0.15, 0.2) is 51.9 Å². The molecule has 1 heterocycles. The number of hydrogen-bond donors (Lipinski definition) is 0. The first-order valence-electron chi connectivity index (χ1n) is 5.49. The van der Waals surface area contributed by atoms with Crippen LogP contribution in [0, 0.1) is 0 Å². The van der Waals surface area contributed by atoms with Crippen LogP contribution in [0.25, 0.3) is 0 Å². The molecule has 0 unspecified atom stereocenters. The summed E-state index contributed by atoms with van der Waals surface area (Å²) in [6.45, 7) is 3.43. The second-order valence-electron chi connectivity index (χ2n) is 4.04. The smallest absolute Gasteiger partial charge is 0.155 e. The fraction of sp³-hybridized carbons (Fsp3) is 0.214. The first-order chi connectivity index (χ1) is 8.09. The molecule has 0 amide bonds. The fourth-order valence-corrected chi connectivity index (χ4v) is 2.63. The molecule has 1 aliphatic heterocycles. The van der Waals surface area contributed by atoms with E-state index >= 15 is 0 Å². The maximum Gasteiger partial charge on any atom is 0.155 e. The summed E-state index contributed by atoms with van der Waals surface area (Å²) in [5.74, 6) is 0.116. The molecule has 0 bridgehead atoms. The number of rotatable bonds is 2. The Kier molecular flexibility index (Phi) is 3.38. The topological polar surface area (TPSA) is 20.3 Å². The second-order valence-corrected chi connectivity index (χ2v) is 5.10. The van der Waals surface area contributed by atoms with Crippen LogP contribution < -0.4 is 4.90 Å². The van der Waals surface area contributed by atoms with Crippen molar-refractivity contribution in [2.75, 3.05) is 11.9 Å². The van der Waals surface area contributed by atoms with Gasteiger partial charge >= 0.3 is 0 Å². The Morgan fingerprint density at radius 1 is 1.29 bits per heavy atom. The number of carbonyl (C=O) groups is 1. The molecule has 0 aromatic heterocycles. The third-order valence-electron chi connectivity index (χ3n) is 2.80. The average Bonchev–Trinajstić information content (AvgIpc) is 2.64. The zero-order valence-electron chi connectivity index (χ0n) is 10.2. The lowest BCUT2D eigenvalue weighted by Crippen LogP contribution is -2.09.